The molecule has 1 aromatic heterocycles. The Kier molecular flexibility index (Phi) is 5.13. The van der Waals surface area contributed by atoms with Crippen molar-refractivity contribution in [1.82, 2.24) is 15.2 Å². The number of halogens is 3. The summed E-state index contributed by atoms with van der Waals surface area (Å²) in [6, 6.07) is 5.61. The molecule has 1 amide bonds. The maximum absolute atomic E-state index is 13.6. The summed E-state index contributed by atoms with van der Waals surface area (Å²) in [5.74, 6) is -0.0361. The number of fused-ring (bicyclic) bond motifs is 2. The van der Waals surface area contributed by atoms with Gasteiger partial charge in [0.2, 0.25) is 5.91 Å². The maximum Gasteiger partial charge on any atom is 0.431 e. The van der Waals surface area contributed by atoms with Crippen LogP contribution in [0, 0.1) is 5.92 Å². The summed E-state index contributed by atoms with van der Waals surface area (Å²) in [5, 5.41) is 3.85. The molecule has 1 aliphatic carbocycles. The summed E-state index contributed by atoms with van der Waals surface area (Å²) >= 11 is 0. The maximum atomic E-state index is 13.6. The minimum absolute atomic E-state index is 0.0257. The number of hydrogen-bond donors (Lipinski definition) is 2. The smallest absolute Gasteiger partial charge is 0.353 e. The van der Waals surface area contributed by atoms with Crippen LogP contribution in [-0.2, 0) is 17.4 Å². The van der Waals surface area contributed by atoms with Gasteiger partial charge >= 0.3 is 6.18 Å². The van der Waals surface area contributed by atoms with Crippen molar-refractivity contribution in [3.63, 3.8) is 0 Å². The van der Waals surface area contributed by atoms with Gasteiger partial charge in [0.05, 0.1) is 5.92 Å². The first-order valence-corrected chi connectivity index (χ1v) is 10.5. The van der Waals surface area contributed by atoms with E-state index in [1.807, 2.05) is 19.2 Å². The van der Waals surface area contributed by atoms with E-state index in [1.54, 1.807) is 6.07 Å². The molecule has 2 heterocycles. The third-order valence-corrected chi connectivity index (χ3v) is 6.84. The van der Waals surface area contributed by atoms with Gasteiger partial charge < -0.3 is 15.2 Å². The molecule has 4 rings (SSSR count). The van der Waals surface area contributed by atoms with Crippen LogP contribution in [0.15, 0.2) is 18.2 Å². The molecule has 2 N–H and O–H groups in total. The molecular weight excluding hydrogens is 379 g/mol. The molecule has 2 aromatic rings. The summed E-state index contributed by atoms with van der Waals surface area (Å²) in [4.78, 5) is 17.6. The first-order chi connectivity index (χ1) is 13.7. The van der Waals surface area contributed by atoms with Crippen LogP contribution in [0.2, 0.25) is 0 Å². The van der Waals surface area contributed by atoms with Crippen LogP contribution in [0.5, 0.6) is 0 Å². The minimum Gasteiger partial charge on any atom is -0.353 e. The summed E-state index contributed by atoms with van der Waals surface area (Å²) < 4.78 is 40.8. The molecule has 1 unspecified atom stereocenters. The summed E-state index contributed by atoms with van der Waals surface area (Å²) in [6.07, 6.45) is -1.59. The van der Waals surface area contributed by atoms with Crippen LogP contribution in [0.25, 0.3) is 10.9 Å². The first-order valence-electron chi connectivity index (χ1n) is 10.5. The lowest BCUT2D eigenvalue weighted by atomic mass is 9.72. The number of alkyl halides is 3. The molecule has 29 heavy (non-hydrogen) atoms. The number of aromatic nitrogens is 1. The number of rotatable bonds is 4. The highest BCUT2D eigenvalue weighted by atomic mass is 19.4. The van der Waals surface area contributed by atoms with E-state index in [0.29, 0.717) is 35.9 Å². The second-order valence-corrected chi connectivity index (χ2v) is 8.52. The number of carbonyl (C=O) groups is 1. The second-order valence-electron chi connectivity index (χ2n) is 8.52. The van der Waals surface area contributed by atoms with Crippen molar-refractivity contribution in [2.24, 2.45) is 5.92 Å². The van der Waals surface area contributed by atoms with E-state index in [-0.39, 0.29) is 29.8 Å². The lowest BCUT2D eigenvalue weighted by Gasteiger charge is -2.45. The molecule has 3 atom stereocenters. The highest BCUT2D eigenvalue weighted by Crippen LogP contribution is 2.47. The lowest BCUT2D eigenvalue weighted by Crippen LogP contribution is -2.52. The van der Waals surface area contributed by atoms with Crippen molar-refractivity contribution in [1.29, 1.82) is 0 Å². The molecule has 7 heteroatoms. The van der Waals surface area contributed by atoms with Crippen LogP contribution in [-0.4, -0.2) is 41.5 Å². The Labute approximate surface area is 168 Å². The number of amides is 1. The number of piperidine rings is 1. The fraction of sp³-hybridized carbons (Fsp3) is 0.591. The van der Waals surface area contributed by atoms with E-state index in [9.17, 15) is 18.0 Å². The molecule has 158 valence electrons. The molecule has 0 saturated carbocycles. The van der Waals surface area contributed by atoms with Crippen molar-refractivity contribution in [3.05, 3.63) is 35.0 Å². The van der Waals surface area contributed by atoms with Crippen LogP contribution < -0.4 is 5.32 Å². The molecule has 4 nitrogen and oxygen atoms in total. The standard InChI is InChI=1S/C22H28F3N3O/c1-4-13(5-2)26-21(29)12-9-15-14-7-6-8-17-19(14)16(10-18(15)28(3)11-12)20(27-17)22(23,24)25/h6-8,12-13,15,18,27H,4-5,9-11H2,1-3H3,(H,26,29)/t12-,15?,18-/m1/s1. The monoisotopic (exact) mass is 407 g/mol. The van der Waals surface area contributed by atoms with Crippen LogP contribution in [0.3, 0.4) is 0 Å². The summed E-state index contributed by atoms with van der Waals surface area (Å²) in [5.41, 5.74) is 1.22. The van der Waals surface area contributed by atoms with Gasteiger partial charge in [0.1, 0.15) is 5.69 Å². The fourth-order valence-electron chi connectivity index (χ4n) is 5.27. The van der Waals surface area contributed by atoms with Gasteiger partial charge in [0.15, 0.2) is 0 Å². The Morgan fingerprint density at radius 3 is 2.69 bits per heavy atom. The second kappa shape index (κ2) is 7.35. The van der Waals surface area contributed by atoms with Crippen molar-refractivity contribution in [2.75, 3.05) is 13.6 Å². The summed E-state index contributed by atoms with van der Waals surface area (Å²) in [7, 11) is 1.93. The highest BCUT2D eigenvalue weighted by Gasteiger charge is 2.45. The molecule has 0 bridgehead atoms. The molecule has 1 aromatic carbocycles. The first kappa shape index (κ1) is 20.3. The lowest BCUT2D eigenvalue weighted by molar-refractivity contribution is -0.141. The predicted molar refractivity (Wildman–Crippen MR) is 107 cm³/mol. The van der Waals surface area contributed by atoms with Gasteiger partial charge in [-0.3, -0.25) is 4.79 Å². The number of carbonyl (C=O) groups excluding carboxylic acids is 1. The third kappa shape index (κ3) is 3.43. The van der Waals surface area contributed by atoms with Crippen LogP contribution >= 0.6 is 0 Å². The number of aromatic amines is 1. The molecule has 1 aliphatic heterocycles. The molecule has 1 saturated heterocycles. The van der Waals surface area contributed by atoms with Gasteiger partial charge in [-0.15, -0.1) is 0 Å². The quantitative estimate of drug-likeness (QED) is 0.787. The Balaban J connectivity index is 1.70. The number of benzene rings is 1. The average molecular weight is 407 g/mol. The Bertz CT molecular complexity index is 916. The van der Waals surface area contributed by atoms with Gasteiger partial charge in [-0.2, -0.15) is 13.2 Å². The normalized spacial score (nSPS) is 24.7. The van der Waals surface area contributed by atoms with Crippen molar-refractivity contribution < 1.29 is 18.0 Å². The number of hydrogen-bond acceptors (Lipinski definition) is 2. The van der Waals surface area contributed by atoms with E-state index in [4.69, 9.17) is 0 Å². The van der Waals surface area contributed by atoms with Crippen LogP contribution in [0.4, 0.5) is 13.2 Å². The summed E-state index contributed by atoms with van der Waals surface area (Å²) in [6.45, 7) is 4.69. The van der Waals surface area contributed by atoms with Crippen LogP contribution in [0.1, 0.15) is 55.8 Å². The van der Waals surface area contributed by atoms with E-state index < -0.39 is 11.9 Å². The zero-order chi connectivity index (χ0) is 20.9. The number of likely N-dealkylation sites (N-methyl/N-ethyl adjacent to an activating group) is 1. The fourth-order valence-corrected chi connectivity index (χ4v) is 5.27. The van der Waals surface area contributed by atoms with Gasteiger partial charge in [-0.1, -0.05) is 26.0 Å². The zero-order valence-electron chi connectivity index (χ0n) is 17.1. The van der Waals surface area contributed by atoms with Gasteiger partial charge in [0.25, 0.3) is 0 Å². The number of nitrogens with zero attached hydrogens (tertiary/aromatic N) is 1. The van der Waals surface area contributed by atoms with E-state index >= 15 is 0 Å². The van der Waals surface area contributed by atoms with Gasteiger partial charge in [0, 0.05) is 35.4 Å². The molecule has 0 spiro atoms. The highest BCUT2D eigenvalue weighted by molar-refractivity contribution is 5.90. The largest absolute Gasteiger partial charge is 0.431 e. The van der Waals surface area contributed by atoms with Crippen molar-refractivity contribution in [3.8, 4) is 0 Å². The number of likely N-dealkylation sites (tertiary alicyclic amines) is 1. The van der Waals surface area contributed by atoms with Crippen molar-refractivity contribution in [2.45, 2.75) is 63.7 Å². The Hall–Kier alpha value is -2.02. The van der Waals surface area contributed by atoms with E-state index in [2.05, 4.69) is 29.0 Å². The third-order valence-electron chi connectivity index (χ3n) is 6.84. The van der Waals surface area contributed by atoms with E-state index in [0.717, 1.165) is 18.4 Å². The molecular formula is C22H28F3N3O. The predicted octanol–water partition coefficient (Wildman–Crippen LogP) is 4.45. The molecule has 1 fully saturated rings. The van der Waals surface area contributed by atoms with Crippen molar-refractivity contribution >= 4 is 16.8 Å². The Morgan fingerprint density at radius 2 is 2.03 bits per heavy atom. The van der Waals surface area contributed by atoms with E-state index in [1.165, 1.54) is 0 Å². The van der Waals surface area contributed by atoms with Gasteiger partial charge in [-0.05, 0) is 49.9 Å². The zero-order valence-corrected chi connectivity index (χ0v) is 17.1. The number of H-pyrrole nitrogens is 1. The topological polar surface area (TPSA) is 48.1 Å². The average Bonchev–Trinajstić information content (AvgIpc) is 3.07. The minimum atomic E-state index is -4.40. The Morgan fingerprint density at radius 1 is 1.31 bits per heavy atom. The SMILES string of the molecule is CCC(CC)NC(=O)[C@@H]1CC2c3cccc4[nH]c(C(F)(F)F)c(c34)C[C@H]2N(C)C1. The molecule has 2 aliphatic rings. The number of nitrogens with one attached hydrogen (secondary N) is 2. The van der Waals surface area contributed by atoms with Gasteiger partial charge in [-0.25, -0.2) is 0 Å². The molecule has 0 radical (unpaired) electrons.